The van der Waals surface area contributed by atoms with Crippen LogP contribution in [0.5, 0.6) is 0 Å². The molecule has 1 aromatic rings. The van der Waals surface area contributed by atoms with E-state index in [1.54, 1.807) is 0 Å². The van der Waals surface area contributed by atoms with Gasteiger partial charge in [-0.3, -0.25) is 4.79 Å². The Morgan fingerprint density at radius 1 is 1.00 bits per heavy atom. The van der Waals surface area contributed by atoms with Crippen LogP contribution in [0.15, 0.2) is 24.3 Å². The van der Waals surface area contributed by atoms with Gasteiger partial charge in [-0.2, -0.15) is 0 Å². The molecule has 0 unspecified atom stereocenters. The zero-order chi connectivity index (χ0) is 15.1. The van der Waals surface area contributed by atoms with Gasteiger partial charge < -0.3 is 10.6 Å². The molecule has 2 rings (SSSR count). The maximum absolute atomic E-state index is 11.9. The summed E-state index contributed by atoms with van der Waals surface area (Å²) in [7, 11) is 0. The Morgan fingerprint density at radius 3 is 2.14 bits per heavy atom. The first-order valence-electron chi connectivity index (χ1n) is 8.32. The number of hydrogen-bond acceptors (Lipinski definition) is 2. The number of nitrogens with one attached hydrogen (secondary N) is 2. The highest BCUT2D eigenvalue weighted by molar-refractivity contribution is 5.94. The number of carbonyl (C=O) groups excluding carboxylic acids is 1. The molecular weight excluding hydrogens is 260 g/mol. The number of hydrogen-bond donors (Lipinski definition) is 2. The molecule has 3 heteroatoms. The summed E-state index contributed by atoms with van der Waals surface area (Å²) in [5.41, 5.74) is 1.86. The molecule has 0 aliphatic heterocycles. The van der Waals surface area contributed by atoms with Crippen LogP contribution in [0.4, 0.5) is 5.69 Å². The molecular formula is C18H28N2O. The lowest BCUT2D eigenvalue weighted by atomic mass is 9.96. The van der Waals surface area contributed by atoms with Crippen molar-refractivity contribution in [2.45, 2.75) is 70.9 Å². The first-order valence-corrected chi connectivity index (χ1v) is 8.32. The van der Waals surface area contributed by atoms with Gasteiger partial charge in [-0.1, -0.05) is 32.1 Å². The molecule has 3 nitrogen and oxygen atoms in total. The average Bonchev–Trinajstić information content (AvgIpc) is 2.41. The van der Waals surface area contributed by atoms with Gasteiger partial charge in [0, 0.05) is 23.3 Å². The Labute approximate surface area is 128 Å². The van der Waals surface area contributed by atoms with E-state index in [0.717, 1.165) is 11.3 Å². The van der Waals surface area contributed by atoms with Crippen LogP contribution in [0, 0.1) is 0 Å². The molecule has 1 saturated carbocycles. The van der Waals surface area contributed by atoms with E-state index in [0.29, 0.717) is 6.04 Å². The molecule has 2 N–H and O–H groups in total. The lowest BCUT2D eigenvalue weighted by molar-refractivity contribution is 0.0943. The van der Waals surface area contributed by atoms with Crippen molar-refractivity contribution in [3.63, 3.8) is 0 Å². The molecule has 1 aromatic carbocycles. The second-order valence-corrected chi connectivity index (χ2v) is 6.39. The van der Waals surface area contributed by atoms with Crippen LogP contribution in [0.1, 0.15) is 69.2 Å². The molecule has 0 bridgehead atoms. The highest BCUT2D eigenvalue weighted by Gasteiger charge is 2.11. The average molecular weight is 288 g/mol. The second-order valence-electron chi connectivity index (χ2n) is 6.39. The summed E-state index contributed by atoms with van der Waals surface area (Å²) in [6, 6.07) is 8.61. The molecule has 0 aromatic heterocycles. The van der Waals surface area contributed by atoms with E-state index in [1.165, 1.54) is 44.9 Å². The minimum Gasteiger partial charge on any atom is -0.382 e. The number of rotatable bonds is 4. The smallest absolute Gasteiger partial charge is 0.251 e. The van der Waals surface area contributed by atoms with E-state index >= 15 is 0 Å². The van der Waals surface area contributed by atoms with Gasteiger partial charge in [0.15, 0.2) is 0 Å². The van der Waals surface area contributed by atoms with E-state index in [9.17, 15) is 4.79 Å². The van der Waals surface area contributed by atoms with Crippen molar-refractivity contribution in [3.05, 3.63) is 29.8 Å². The van der Waals surface area contributed by atoms with Crippen molar-refractivity contribution in [1.29, 1.82) is 0 Å². The number of amides is 1. The Hall–Kier alpha value is -1.51. The Bertz CT molecular complexity index is 431. The zero-order valence-corrected chi connectivity index (χ0v) is 13.3. The molecule has 1 aliphatic carbocycles. The number of carbonyl (C=O) groups is 1. The van der Waals surface area contributed by atoms with E-state index in [-0.39, 0.29) is 11.9 Å². The van der Waals surface area contributed by atoms with Crippen molar-refractivity contribution in [2.24, 2.45) is 0 Å². The van der Waals surface area contributed by atoms with Crippen LogP contribution in [-0.4, -0.2) is 18.0 Å². The minimum absolute atomic E-state index is 0.00232. The monoisotopic (exact) mass is 288 g/mol. The van der Waals surface area contributed by atoms with Crippen molar-refractivity contribution in [2.75, 3.05) is 5.32 Å². The van der Waals surface area contributed by atoms with Crippen LogP contribution >= 0.6 is 0 Å². The summed E-state index contributed by atoms with van der Waals surface area (Å²) in [4.78, 5) is 11.9. The fourth-order valence-corrected chi connectivity index (χ4v) is 2.90. The summed E-state index contributed by atoms with van der Waals surface area (Å²) in [5.74, 6) is 0.00232. The Balaban J connectivity index is 1.90. The summed E-state index contributed by atoms with van der Waals surface area (Å²) in [5, 5.41) is 6.54. The van der Waals surface area contributed by atoms with Gasteiger partial charge in [0.2, 0.25) is 0 Å². The van der Waals surface area contributed by atoms with Gasteiger partial charge in [0.1, 0.15) is 0 Å². The fourth-order valence-electron chi connectivity index (χ4n) is 2.90. The van der Waals surface area contributed by atoms with Gasteiger partial charge in [0.25, 0.3) is 5.91 Å². The highest BCUT2D eigenvalue weighted by Crippen LogP contribution is 2.21. The summed E-state index contributed by atoms with van der Waals surface area (Å²) >= 11 is 0. The van der Waals surface area contributed by atoms with Crippen molar-refractivity contribution < 1.29 is 4.79 Å². The van der Waals surface area contributed by atoms with Crippen molar-refractivity contribution in [3.8, 4) is 0 Å². The van der Waals surface area contributed by atoms with Crippen LogP contribution in [-0.2, 0) is 0 Å². The molecule has 116 valence electrons. The first-order chi connectivity index (χ1) is 10.1. The maximum Gasteiger partial charge on any atom is 0.251 e. The SMILES string of the molecule is CC(C)NC(=O)c1ccc(NC2CCCCCCC2)cc1. The first kappa shape index (κ1) is 15.9. The predicted octanol–water partition coefficient (Wildman–Crippen LogP) is 4.35. The van der Waals surface area contributed by atoms with E-state index < -0.39 is 0 Å². The summed E-state index contributed by atoms with van der Waals surface area (Å²) < 4.78 is 0. The van der Waals surface area contributed by atoms with Gasteiger partial charge in [-0.05, 0) is 51.0 Å². The lowest BCUT2D eigenvalue weighted by Gasteiger charge is -2.22. The molecule has 1 amide bonds. The van der Waals surface area contributed by atoms with E-state index in [4.69, 9.17) is 0 Å². The fraction of sp³-hybridized carbons (Fsp3) is 0.611. The topological polar surface area (TPSA) is 41.1 Å². The second kappa shape index (κ2) is 8.06. The van der Waals surface area contributed by atoms with Crippen LogP contribution in [0.2, 0.25) is 0 Å². The van der Waals surface area contributed by atoms with E-state index in [1.807, 2.05) is 38.1 Å². The normalized spacial score (nSPS) is 17.1. The molecule has 1 aliphatic rings. The molecule has 1 fully saturated rings. The molecule has 0 spiro atoms. The number of anilines is 1. The molecule has 0 atom stereocenters. The predicted molar refractivity (Wildman–Crippen MR) is 88.8 cm³/mol. The standard InChI is InChI=1S/C18H28N2O/c1-14(2)19-18(21)15-10-12-17(13-11-15)20-16-8-6-4-3-5-7-9-16/h10-14,16,20H,3-9H2,1-2H3,(H,19,21). The molecule has 0 heterocycles. The summed E-state index contributed by atoms with van der Waals surface area (Å²) in [6.45, 7) is 3.95. The third-order valence-corrected chi connectivity index (χ3v) is 4.04. The van der Waals surface area contributed by atoms with Crippen molar-refractivity contribution >= 4 is 11.6 Å². The largest absolute Gasteiger partial charge is 0.382 e. The highest BCUT2D eigenvalue weighted by atomic mass is 16.1. The van der Waals surface area contributed by atoms with Crippen LogP contribution in [0.25, 0.3) is 0 Å². The minimum atomic E-state index is 0.00232. The van der Waals surface area contributed by atoms with Crippen LogP contribution in [0.3, 0.4) is 0 Å². The summed E-state index contributed by atoms with van der Waals surface area (Å²) in [6.07, 6.45) is 9.30. The third-order valence-electron chi connectivity index (χ3n) is 4.04. The van der Waals surface area contributed by atoms with Gasteiger partial charge >= 0.3 is 0 Å². The zero-order valence-electron chi connectivity index (χ0n) is 13.3. The maximum atomic E-state index is 11.9. The molecule has 0 radical (unpaired) electrons. The quantitative estimate of drug-likeness (QED) is 0.865. The van der Waals surface area contributed by atoms with Gasteiger partial charge in [-0.15, -0.1) is 0 Å². The van der Waals surface area contributed by atoms with Crippen molar-refractivity contribution in [1.82, 2.24) is 5.32 Å². The van der Waals surface area contributed by atoms with E-state index in [2.05, 4.69) is 10.6 Å². The number of benzene rings is 1. The molecule has 0 saturated heterocycles. The van der Waals surface area contributed by atoms with Gasteiger partial charge in [0.05, 0.1) is 0 Å². The van der Waals surface area contributed by atoms with Crippen LogP contribution < -0.4 is 10.6 Å². The lowest BCUT2D eigenvalue weighted by Crippen LogP contribution is -2.30. The third kappa shape index (κ3) is 5.41. The van der Waals surface area contributed by atoms with Gasteiger partial charge in [-0.25, -0.2) is 0 Å². The Morgan fingerprint density at radius 2 is 1.57 bits per heavy atom. The molecule has 21 heavy (non-hydrogen) atoms. The Kier molecular flexibility index (Phi) is 6.09.